The van der Waals surface area contributed by atoms with Crippen LogP contribution in [0.3, 0.4) is 0 Å². The lowest BCUT2D eigenvalue weighted by Crippen LogP contribution is -2.70. The number of ketones is 1. The normalized spacial score (nSPS) is 25.8. The third kappa shape index (κ3) is 5.52. The summed E-state index contributed by atoms with van der Waals surface area (Å²) in [6, 6.07) is 29.0. The number of aliphatic hydroxyl groups excluding tert-OH is 2. The van der Waals surface area contributed by atoms with Gasteiger partial charge in [0.25, 0.3) is 0 Å². The highest BCUT2D eigenvalue weighted by atomic mass is 32.4. The molecule has 1 aliphatic rings. The maximum Gasteiger partial charge on any atom is 0.207 e. The predicted octanol–water partition coefficient (Wildman–Crippen LogP) is 3.38. The molecule has 39 heavy (non-hydrogen) atoms. The van der Waals surface area contributed by atoms with Crippen molar-refractivity contribution in [3.63, 3.8) is 0 Å². The Bertz CT molecular complexity index is 1180. The number of rotatable bonds is 9. The first-order chi connectivity index (χ1) is 18.6. The van der Waals surface area contributed by atoms with Gasteiger partial charge in [-0.2, -0.15) is 11.2 Å². The molecule has 6 nitrogen and oxygen atoms in total. The highest BCUT2D eigenvalue weighted by Crippen LogP contribution is 2.44. The molecule has 5 atom stereocenters. The molecule has 3 aromatic rings. The van der Waals surface area contributed by atoms with Crippen LogP contribution in [0, 0.1) is 0 Å². The zero-order valence-corrected chi connectivity index (χ0v) is 24.7. The second-order valence-electron chi connectivity index (χ2n) is 10.9. The van der Waals surface area contributed by atoms with E-state index in [0.29, 0.717) is 5.75 Å². The fourth-order valence-electron chi connectivity index (χ4n) is 5.43. The second-order valence-corrected chi connectivity index (χ2v) is 18.2. The van der Waals surface area contributed by atoms with Crippen LogP contribution in [0.25, 0.3) is 0 Å². The van der Waals surface area contributed by atoms with Crippen molar-refractivity contribution < 1.29 is 29.6 Å². The number of aliphatic hydroxyl groups is 3. The average Bonchev–Trinajstić information content (AvgIpc) is 2.95. The van der Waals surface area contributed by atoms with Crippen molar-refractivity contribution >= 4 is 34.6 Å². The minimum atomic E-state index is -2.56. The number of benzene rings is 3. The van der Waals surface area contributed by atoms with E-state index in [9.17, 15) is 20.1 Å². The van der Waals surface area contributed by atoms with Crippen molar-refractivity contribution in [1.29, 1.82) is 0 Å². The summed E-state index contributed by atoms with van der Waals surface area (Å²) in [5.41, 5.74) is -2.27. The lowest BCUT2D eigenvalue weighted by molar-refractivity contribution is -0.315. The molecule has 8 heteroatoms. The van der Waals surface area contributed by atoms with Crippen LogP contribution in [0.2, 0.25) is 5.04 Å². The third-order valence-corrected chi connectivity index (χ3v) is 17.8. The molecule has 208 valence electrons. The van der Waals surface area contributed by atoms with E-state index in [4.69, 9.17) is 9.47 Å². The lowest BCUT2D eigenvalue weighted by atomic mass is 9.81. The fourth-order valence-corrected chi connectivity index (χ4v) is 14.6. The van der Waals surface area contributed by atoms with Crippen LogP contribution in [-0.2, 0) is 9.47 Å². The first kappa shape index (κ1) is 29.7. The Hall–Kier alpha value is -2.30. The van der Waals surface area contributed by atoms with Crippen LogP contribution in [0.15, 0.2) is 91.0 Å². The number of hydrogen-bond acceptors (Lipinski definition) is 7. The minimum absolute atomic E-state index is 0.137. The quantitative estimate of drug-likeness (QED) is 0.270. The Kier molecular flexibility index (Phi) is 9.18. The van der Waals surface area contributed by atoms with Gasteiger partial charge in [0.1, 0.15) is 12.2 Å². The summed E-state index contributed by atoms with van der Waals surface area (Å²) < 4.78 is 11.8. The maximum absolute atomic E-state index is 13.4. The van der Waals surface area contributed by atoms with Crippen LogP contribution >= 0.6 is 11.2 Å². The molecule has 0 radical (unpaired) electrons. The summed E-state index contributed by atoms with van der Waals surface area (Å²) in [6.07, 6.45) is -5.64. The van der Waals surface area contributed by atoms with E-state index in [1.807, 2.05) is 36.4 Å². The predicted molar refractivity (Wildman–Crippen MR) is 158 cm³/mol. The molecule has 0 amide bonds. The van der Waals surface area contributed by atoms with Gasteiger partial charge in [0, 0.05) is 17.9 Å². The van der Waals surface area contributed by atoms with E-state index in [-0.39, 0.29) is 17.2 Å². The maximum atomic E-state index is 13.4. The summed E-state index contributed by atoms with van der Waals surface area (Å²) >= 11 is 1.74. The summed E-state index contributed by atoms with van der Waals surface area (Å²) in [5, 5.41) is 36.4. The number of ether oxygens (including phenoxy) is 2. The molecule has 1 saturated heterocycles. The summed E-state index contributed by atoms with van der Waals surface area (Å²) in [4.78, 5) is 13.4. The van der Waals surface area contributed by atoms with Crippen LogP contribution in [0.5, 0.6) is 0 Å². The molecule has 3 N–H and O–H groups in total. The first-order valence-corrected chi connectivity index (χ1v) is 17.0. The highest BCUT2D eigenvalue weighted by Gasteiger charge is 2.60. The van der Waals surface area contributed by atoms with Crippen LogP contribution in [0.1, 0.15) is 38.1 Å². The van der Waals surface area contributed by atoms with Crippen molar-refractivity contribution in [1.82, 2.24) is 0 Å². The van der Waals surface area contributed by atoms with Crippen LogP contribution in [0.4, 0.5) is 0 Å². The molecule has 0 spiro atoms. The monoisotopic (exact) mass is 566 g/mol. The number of carbonyl (C=O) groups excluding carboxylic acids is 1. The summed E-state index contributed by atoms with van der Waals surface area (Å²) in [7, 11) is -2.56. The van der Waals surface area contributed by atoms with Crippen LogP contribution < -0.4 is 10.4 Å². The topological polar surface area (TPSA) is 96.2 Å². The van der Waals surface area contributed by atoms with Gasteiger partial charge >= 0.3 is 0 Å². The molecule has 0 unspecified atom stereocenters. The van der Waals surface area contributed by atoms with Crippen LogP contribution in [-0.4, -0.2) is 70.9 Å². The SMILES string of the molecule is CCO[C@H]1O[C@H](CS[Si](c2ccccc2)(c2ccccc2)C(C)(C)C)[C@H](O)[C@H](O)[C@]1(O)C(=O)c1ccccc1. The molecule has 0 aliphatic carbocycles. The van der Waals surface area contributed by atoms with Crippen molar-refractivity contribution in [2.24, 2.45) is 0 Å². The first-order valence-electron chi connectivity index (χ1n) is 13.3. The van der Waals surface area contributed by atoms with Gasteiger partial charge in [0.05, 0.1) is 6.10 Å². The number of hydrogen-bond donors (Lipinski definition) is 3. The summed E-state index contributed by atoms with van der Waals surface area (Å²) in [5.74, 6) is -0.434. The van der Waals surface area contributed by atoms with Gasteiger partial charge in [0.15, 0.2) is 13.5 Å². The molecule has 0 aromatic heterocycles. The van der Waals surface area contributed by atoms with Crippen molar-refractivity contribution in [3.8, 4) is 0 Å². The molecule has 0 bridgehead atoms. The van der Waals surface area contributed by atoms with E-state index in [2.05, 4.69) is 45.0 Å². The van der Waals surface area contributed by atoms with Gasteiger partial charge in [-0.3, -0.25) is 4.79 Å². The van der Waals surface area contributed by atoms with Gasteiger partial charge in [-0.25, -0.2) is 0 Å². The zero-order valence-electron chi connectivity index (χ0n) is 22.9. The van der Waals surface area contributed by atoms with Gasteiger partial charge < -0.3 is 24.8 Å². The van der Waals surface area contributed by atoms with E-state index in [1.54, 1.807) is 48.5 Å². The Morgan fingerprint density at radius 2 is 1.41 bits per heavy atom. The van der Waals surface area contributed by atoms with E-state index in [1.165, 1.54) is 10.4 Å². The zero-order chi connectivity index (χ0) is 28.3. The molecule has 0 saturated carbocycles. The molecule has 4 rings (SSSR count). The van der Waals surface area contributed by atoms with Gasteiger partial charge in [0.2, 0.25) is 11.4 Å². The van der Waals surface area contributed by atoms with E-state index < -0.39 is 43.2 Å². The standard InChI is InChI=1S/C31H38O6SSi/c1-5-36-29-31(35,27(33)22-15-9-6-10-16-22)28(34)26(32)25(37-29)21-38-39(30(2,3)4,23-17-11-7-12-18-23)24-19-13-8-14-20-24/h6-20,25-26,28-29,32,34-35H,5,21H2,1-4H3/t25-,26+,28+,29+,31-/m1/s1. The Morgan fingerprint density at radius 1 is 0.923 bits per heavy atom. The smallest absolute Gasteiger partial charge is 0.207 e. The van der Waals surface area contributed by atoms with Crippen molar-refractivity contribution in [3.05, 3.63) is 96.6 Å². The number of Topliss-reactive ketones (excluding diaryl/α,β-unsaturated/α-hetero) is 1. The van der Waals surface area contributed by atoms with Crippen molar-refractivity contribution in [2.45, 2.75) is 62.9 Å². The Labute approximate surface area is 235 Å². The lowest BCUT2D eigenvalue weighted by Gasteiger charge is -2.48. The van der Waals surface area contributed by atoms with E-state index >= 15 is 0 Å². The largest absolute Gasteiger partial charge is 0.388 e. The fraction of sp³-hybridized carbons (Fsp3) is 0.387. The molecule has 1 fully saturated rings. The molecule has 1 aliphatic heterocycles. The van der Waals surface area contributed by atoms with Gasteiger partial charge in [-0.05, 0) is 22.3 Å². The summed E-state index contributed by atoms with van der Waals surface area (Å²) in [6.45, 7) is 8.57. The van der Waals surface area contributed by atoms with E-state index in [0.717, 1.165) is 0 Å². The number of carbonyl (C=O) groups is 1. The Morgan fingerprint density at radius 3 is 1.87 bits per heavy atom. The molecular weight excluding hydrogens is 528 g/mol. The Balaban J connectivity index is 1.69. The average molecular weight is 567 g/mol. The molecule has 3 aromatic carbocycles. The third-order valence-electron chi connectivity index (χ3n) is 7.41. The minimum Gasteiger partial charge on any atom is -0.388 e. The van der Waals surface area contributed by atoms with Crippen molar-refractivity contribution in [2.75, 3.05) is 12.4 Å². The second kappa shape index (κ2) is 12.1. The van der Waals surface area contributed by atoms with Gasteiger partial charge in [-0.1, -0.05) is 112 Å². The molecule has 1 heterocycles. The van der Waals surface area contributed by atoms with Gasteiger partial charge in [-0.15, -0.1) is 0 Å². The highest BCUT2D eigenvalue weighted by molar-refractivity contribution is 8.32. The molecular formula is C31H38O6SSi.